The van der Waals surface area contributed by atoms with Crippen LogP contribution in [0.25, 0.3) is 0 Å². The molecule has 1 aliphatic rings. The number of nitrogens with zero attached hydrogens (tertiary/aromatic N) is 2. The Morgan fingerprint density at radius 3 is 2.80 bits per heavy atom. The fraction of sp³-hybridized carbons (Fsp3) is 0.350. The molecule has 2 aromatic rings. The third-order valence-corrected chi connectivity index (χ3v) is 4.48. The van der Waals surface area contributed by atoms with Crippen LogP contribution in [0.2, 0.25) is 0 Å². The van der Waals surface area contributed by atoms with Crippen molar-refractivity contribution in [3.8, 4) is 0 Å². The van der Waals surface area contributed by atoms with E-state index >= 15 is 0 Å². The number of aromatic nitrogens is 1. The van der Waals surface area contributed by atoms with Crippen molar-refractivity contribution in [1.29, 1.82) is 0 Å². The Hall–Kier alpha value is -2.69. The lowest BCUT2D eigenvalue weighted by Crippen LogP contribution is -2.38. The highest BCUT2D eigenvalue weighted by Crippen LogP contribution is 2.13. The van der Waals surface area contributed by atoms with Crippen molar-refractivity contribution in [1.82, 2.24) is 15.2 Å². The lowest BCUT2D eigenvalue weighted by molar-refractivity contribution is -0.130. The zero-order valence-electron chi connectivity index (χ0n) is 14.4. The van der Waals surface area contributed by atoms with Gasteiger partial charge in [0.2, 0.25) is 5.91 Å². The highest BCUT2D eigenvalue weighted by atomic mass is 16.2. The van der Waals surface area contributed by atoms with Gasteiger partial charge < -0.3 is 10.2 Å². The number of amides is 2. The first-order valence-corrected chi connectivity index (χ1v) is 8.66. The molecule has 0 spiro atoms. The molecule has 1 aromatic heterocycles. The molecule has 5 heteroatoms. The maximum absolute atomic E-state index is 12.4. The summed E-state index contributed by atoms with van der Waals surface area (Å²) in [5.41, 5.74) is 2.69. The molecule has 0 aliphatic carbocycles. The van der Waals surface area contributed by atoms with Crippen LogP contribution < -0.4 is 5.32 Å². The SMILES string of the molecule is Cc1cncc(C(=O)N[C@@H]2CCN(C(=O)CCc3ccccc3)C2)c1. The van der Waals surface area contributed by atoms with Crippen LogP contribution >= 0.6 is 0 Å². The number of pyridine rings is 1. The third kappa shape index (κ3) is 4.66. The number of hydrogen-bond donors (Lipinski definition) is 1. The normalized spacial score (nSPS) is 16.7. The van der Waals surface area contributed by atoms with Gasteiger partial charge in [0, 0.05) is 37.9 Å². The zero-order chi connectivity index (χ0) is 17.6. The number of rotatable bonds is 5. The average molecular weight is 337 g/mol. The van der Waals surface area contributed by atoms with Gasteiger partial charge in [0.05, 0.1) is 5.56 Å². The van der Waals surface area contributed by atoms with Crippen LogP contribution in [-0.2, 0) is 11.2 Å². The monoisotopic (exact) mass is 337 g/mol. The average Bonchev–Trinajstić information content (AvgIpc) is 3.09. The first kappa shape index (κ1) is 17.1. The molecular formula is C20H23N3O2. The molecular weight excluding hydrogens is 314 g/mol. The minimum Gasteiger partial charge on any atom is -0.347 e. The van der Waals surface area contributed by atoms with Gasteiger partial charge in [0.25, 0.3) is 5.91 Å². The Balaban J connectivity index is 1.48. The fourth-order valence-electron chi connectivity index (χ4n) is 3.11. The molecule has 3 rings (SSSR count). The molecule has 0 saturated carbocycles. The maximum atomic E-state index is 12.4. The van der Waals surface area contributed by atoms with Crippen LogP contribution in [-0.4, -0.2) is 40.8 Å². The summed E-state index contributed by atoms with van der Waals surface area (Å²) < 4.78 is 0. The summed E-state index contributed by atoms with van der Waals surface area (Å²) in [5.74, 6) is 0.0256. The maximum Gasteiger partial charge on any atom is 0.253 e. The Kier molecular flexibility index (Phi) is 5.43. The van der Waals surface area contributed by atoms with E-state index in [4.69, 9.17) is 0 Å². The summed E-state index contributed by atoms with van der Waals surface area (Å²) in [4.78, 5) is 30.6. The first-order chi connectivity index (χ1) is 12.1. The zero-order valence-corrected chi connectivity index (χ0v) is 14.4. The van der Waals surface area contributed by atoms with E-state index in [1.54, 1.807) is 12.4 Å². The largest absolute Gasteiger partial charge is 0.347 e. The molecule has 1 saturated heterocycles. The third-order valence-electron chi connectivity index (χ3n) is 4.48. The van der Waals surface area contributed by atoms with Gasteiger partial charge in [-0.25, -0.2) is 0 Å². The molecule has 0 bridgehead atoms. The van der Waals surface area contributed by atoms with Crippen LogP contribution in [0.5, 0.6) is 0 Å². The van der Waals surface area contributed by atoms with Crippen molar-refractivity contribution >= 4 is 11.8 Å². The summed E-state index contributed by atoms with van der Waals surface area (Å²) in [7, 11) is 0. The Morgan fingerprint density at radius 1 is 1.24 bits per heavy atom. The van der Waals surface area contributed by atoms with Crippen LogP contribution in [0, 0.1) is 6.92 Å². The second-order valence-corrected chi connectivity index (χ2v) is 6.54. The van der Waals surface area contributed by atoms with Crippen LogP contribution in [0.4, 0.5) is 0 Å². The molecule has 25 heavy (non-hydrogen) atoms. The summed E-state index contributed by atoms with van der Waals surface area (Å²) in [6.07, 6.45) is 5.34. The molecule has 1 aromatic carbocycles. The molecule has 2 amide bonds. The Labute approximate surface area is 148 Å². The smallest absolute Gasteiger partial charge is 0.253 e. The molecule has 1 N–H and O–H groups in total. The summed E-state index contributed by atoms with van der Waals surface area (Å²) in [6, 6.07) is 11.9. The second-order valence-electron chi connectivity index (χ2n) is 6.54. The van der Waals surface area contributed by atoms with Gasteiger partial charge in [-0.05, 0) is 37.0 Å². The van der Waals surface area contributed by atoms with Gasteiger partial charge >= 0.3 is 0 Å². The van der Waals surface area contributed by atoms with Crippen molar-refractivity contribution in [2.24, 2.45) is 0 Å². The summed E-state index contributed by atoms with van der Waals surface area (Å²) in [6.45, 7) is 3.19. The van der Waals surface area contributed by atoms with Crippen molar-refractivity contribution in [2.75, 3.05) is 13.1 Å². The number of hydrogen-bond acceptors (Lipinski definition) is 3. The van der Waals surface area contributed by atoms with Gasteiger partial charge in [-0.1, -0.05) is 30.3 Å². The van der Waals surface area contributed by atoms with Gasteiger partial charge in [-0.15, -0.1) is 0 Å². The van der Waals surface area contributed by atoms with Gasteiger partial charge in [-0.3, -0.25) is 14.6 Å². The van der Waals surface area contributed by atoms with E-state index in [0.717, 1.165) is 18.4 Å². The van der Waals surface area contributed by atoms with Gasteiger partial charge in [0.15, 0.2) is 0 Å². The predicted molar refractivity (Wildman–Crippen MR) is 96.2 cm³/mol. The number of likely N-dealkylation sites (tertiary alicyclic amines) is 1. The van der Waals surface area contributed by atoms with E-state index in [9.17, 15) is 9.59 Å². The summed E-state index contributed by atoms with van der Waals surface area (Å²) >= 11 is 0. The minimum absolute atomic E-state index is 0.00804. The molecule has 2 heterocycles. The van der Waals surface area contributed by atoms with E-state index in [-0.39, 0.29) is 17.9 Å². The quantitative estimate of drug-likeness (QED) is 0.911. The van der Waals surface area contributed by atoms with Gasteiger partial charge in [-0.2, -0.15) is 0 Å². The first-order valence-electron chi connectivity index (χ1n) is 8.66. The molecule has 1 atom stereocenters. The van der Waals surface area contributed by atoms with E-state index in [1.807, 2.05) is 48.2 Å². The predicted octanol–water partition coefficient (Wildman–Crippen LogP) is 2.35. The lowest BCUT2D eigenvalue weighted by Gasteiger charge is -2.17. The van der Waals surface area contributed by atoms with Crippen LogP contribution in [0.15, 0.2) is 48.8 Å². The number of nitrogens with one attached hydrogen (secondary N) is 1. The van der Waals surface area contributed by atoms with Crippen molar-refractivity contribution in [2.45, 2.75) is 32.2 Å². The van der Waals surface area contributed by atoms with E-state index in [2.05, 4.69) is 10.3 Å². The van der Waals surface area contributed by atoms with Crippen molar-refractivity contribution in [3.05, 3.63) is 65.5 Å². The molecule has 5 nitrogen and oxygen atoms in total. The van der Waals surface area contributed by atoms with Crippen LogP contribution in [0.3, 0.4) is 0 Å². The molecule has 1 fully saturated rings. The number of carbonyl (C=O) groups excluding carboxylic acids is 2. The van der Waals surface area contributed by atoms with Crippen LogP contribution in [0.1, 0.15) is 34.3 Å². The van der Waals surface area contributed by atoms with Crippen molar-refractivity contribution in [3.63, 3.8) is 0 Å². The van der Waals surface area contributed by atoms with E-state index in [0.29, 0.717) is 25.1 Å². The Bertz CT molecular complexity index is 746. The fourth-order valence-corrected chi connectivity index (χ4v) is 3.11. The molecule has 0 radical (unpaired) electrons. The minimum atomic E-state index is -0.125. The molecule has 0 unspecified atom stereocenters. The van der Waals surface area contributed by atoms with E-state index in [1.165, 1.54) is 5.56 Å². The number of aryl methyl sites for hydroxylation is 2. The lowest BCUT2D eigenvalue weighted by atomic mass is 10.1. The number of benzene rings is 1. The highest BCUT2D eigenvalue weighted by Gasteiger charge is 2.27. The Morgan fingerprint density at radius 2 is 2.04 bits per heavy atom. The second kappa shape index (κ2) is 7.92. The molecule has 1 aliphatic heterocycles. The number of carbonyl (C=O) groups is 2. The van der Waals surface area contributed by atoms with Gasteiger partial charge in [0.1, 0.15) is 0 Å². The highest BCUT2D eigenvalue weighted by molar-refractivity contribution is 5.94. The molecule has 130 valence electrons. The standard InChI is InChI=1S/C20H23N3O2/c1-15-11-17(13-21-12-15)20(25)22-18-9-10-23(14-18)19(24)8-7-16-5-3-2-4-6-16/h2-6,11-13,18H,7-10,14H2,1H3,(H,22,25)/t18-/m1/s1. The van der Waals surface area contributed by atoms with E-state index < -0.39 is 0 Å². The van der Waals surface area contributed by atoms with Crippen molar-refractivity contribution < 1.29 is 9.59 Å². The summed E-state index contributed by atoms with van der Waals surface area (Å²) in [5, 5.41) is 3.01. The topological polar surface area (TPSA) is 62.3 Å².